The number of amides is 1. The molecule has 6 nitrogen and oxygen atoms in total. The Balaban J connectivity index is 1.58. The Labute approximate surface area is 170 Å². The van der Waals surface area contributed by atoms with Crippen LogP contribution in [-0.4, -0.2) is 36.2 Å². The highest BCUT2D eigenvalue weighted by Gasteiger charge is 2.30. The van der Waals surface area contributed by atoms with Crippen LogP contribution in [0.25, 0.3) is 6.08 Å². The van der Waals surface area contributed by atoms with Crippen molar-refractivity contribution in [1.82, 2.24) is 10.2 Å². The van der Waals surface area contributed by atoms with E-state index in [2.05, 4.69) is 12.2 Å². The lowest BCUT2D eigenvalue weighted by Gasteiger charge is -2.12. The lowest BCUT2D eigenvalue weighted by molar-refractivity contribution is -0.122. The highest BCUT2D eigenvalue weighted by molar-refractivity contribution is 7.80. The summed E-state index contributed by atoms with van der Waals surface area (Å²) in [6.45, 7) is 3.53. The molecule has 1 fully saturated rings. The number of aryl methyl sites for hydroxylation is 1. The fraction of sp³-hybridized carbons (Fsp3) is 0.333. The van der Waals surface area contributed by atoms with Crippen LogP contribution in [0.15, 0.2) is 46.5 Å². The maximum atomic E-state index is 12.5. The van der Waals surface area contributed by atoms with E-state index in [0.29, 0.717) is 42.1 Å². The molecule has 1 aliphatic rings. The van der Waals surface area contributed by atoms with E-state index in [-0.39, 0.29) is 5.91 Å². The second kappa shape index (κ2) is 9.52. The molecule has 0 spiro atoms. The Morgan fingerprint density at radius 3 is 2.71 bits per heavy atom. The van der Waals surface area contributed by atoms with Gasteiger partial charge in [-0.25, -0.2) is 0 Å². The van der Waals surface area contributed by atoms with Gasteiger partial charge in [-0.05, 0) is 54.9 Å². The van der Waals surface area contributed by atoms with Crippen LogP contribution in [0, 0.1) is 0 Å². The van der Waals surface area contributed by atoms with Gasteiger partial charge in [0.1, 0.15) is 29.6 Å². The van der Waals surface area contributed by atoms with Crippen molar-refractivity contribution < 1.29 is 18.7 Å². The molecule has 1 saturated heterocycles. The standard InChI is InChI=1S/C21H24N2O4S/c1-3-15-5-7-16(8-6-15)26-14-18-10-9-17(27-18)13-19-20(24)23(21(28)22-19)11-4-12-25-2/h5-10,13H,3-4,11-12,14H2,1-2H3,(H,22,28)/b19-13+. The van der Waals surface area contributed by atoms with E-state index in [1.165, 1.54) is 10.5 Å². The highest BCUT2D eigenvalue weighted by atomic mass is 32.1. The van der Waals surface area contributed by atoms with Crippen LogP contribution in [-0.2, 0) is 22.6 Å². The van der Waals surface area contributed by atoms with Gasteiger partial charge in [0.05, 0.1) is 0 Å². The summed E-state index contributed by atoms with van der Waals surface area (Å²) in [5, 5.41) is 3.34. The van der Waals surface area contributed by atoms with Crippen LogP contribution in [0.2, 0.25) is 0 Å². The monoisotopic (exact) mass is 400 g/mol. The first kappa shape index (κ1) is 20.1. The van der Waals surface area contributed by atoms with Crippen molar-refractivity contribution in [3.63, 3.8) is 0 Å². The first-order valence-corrected chi connectivity index (χ1v) is 9.65. The summed E-state index contributed by atoms with van der Waals surface area (Å²) in [5.41, 5.74) is 1.67. The third kappa shape index (κ3) is 4.99. The van der Waals surface area contributed by atoms with Crippen molar-refractivity contribution in [2.24, 2.45) is 0 Å². The van der Waals surface area contributed by atoms with Crippen LogP contribution >= 0.6 is 12.2 Å². The fourth-order valence-electron chi connectivity index (χ4n) is 2.81. The average molecular weight is 401 g/mol. The van der Waals surface area contributed by atoms with Gasteiger partial charge in [0, 0.05) is 26.3 Å². The zero-order valence-corrected chi connectivity index (χ0v) is 16.9. The van der Waals surface area contributed by atoms with Crippen molar-refractivity contribution in [2.75, 3.05) is 20.3 Å². The molecule has 1 aromatic heterocycles. The van der Waals surface area contributed by atoms with Crippen molar-refractivity contribution in [2.45, 2.75) is 26.4 Å². The number of carbonyl (C=O) groups excluding carboxylic acids is 1. The van der Waals surface area contributed by atoms with Gasteiger partial charge in [0.15, 0.2) is 5.11 Å². The number of hydrogen-bond donors (Lipinski definition) is 1. The molecule has 3 rings (SSSR count). The minimum Gasteiger partial charge on any atom is -0.486 e. The van der Waals surface area contributed by atoms with E-state index in [9.17, 15) is 4.79 Å². The number of furan rings is 1. The maximum Gasteiger partial charge on any atom is 0.276 e. The summed E-state index contributed by atoms with van der Waals surface area (Å²) >= 11 is 5.24. The number of hydrogen-bond acceptors (Lipinski definition) is 5. The SMILES string of the molecule is CCc1ccc(OCc2ccc(/C=C3/NC(=S)N(CCCOC)C3=O)o2)cc1. The molecule has 0 saturated carbocycles. The van der Waals surface area contributed by atoms with Crippen molar-refractivity contribution in [3.8, 4) is 5.75 Å². The predicted octanol–water partition coefficient (Wildman–Crippen LogP) is 3.52. The normalized spacial score (nSPS) is 15.4. The van der Waals surface area contributed by atoms with Crippen molar-refractivity contribution >= 4 is 29.3 Å². The third-order valence-electron chi connectivity index (χ3n) is 4.37. The fourth-order valence-corrected chi connectivity index (χ4v) is 3.09. The molecule has 28 heavy (non-hydrogen) atoms. The minimum atomic E-state index is -0.161. The van der Waals surface area contributed by atoms with Crippen LogP contribution in [0.4, 0.5) is 0 Å². The molecule has 0 unspecified atom stereocenters. The molecule has 0 radical (unpaired) electrons. The number of ether oxygens (including phenoxy) is 2. The average Bonchev–Trinajstić information content (AvgIpc) is 3.26. The quantitative estimate of drug-likeness (QED) is 0.395. The molecule has 0 aliphatic carbocycles. The molecular weight excluding hydrogens is 376 g/mol. The topological polar surface area (TPSA) is 63.9 Å². The van der Waals surface area contributed by atoms with Gasteiger partial charge in [-0.1, -0.05) is 19.1 Å². The Morgan fingerprint density at radius 1 is 1.21 bits per heavy atom. The first-order valence-electron chi connectivity index (χ1n) is 9.24. The number of benzene rings is 1. The van der Waals surface area contributed by atoms with Crippen LogP contribution < -0.4 is 10.1 Å². The molecule has 0 atom stereocenters. The van der Waals surface area contributed by atoms with Crippen molar-refractivity contribution in [3.05, 3.63) is 59.2 Å². The van der Waals surface area contributed by atoms with Gasteiger partial charge in [-0.15, -0.1) is 0 Å². The first-order chi connectivity index (χ1) is 13.6. The Kier molecular flexibility index (Phi) is 6.84. The van der Waals surface area contributed by atoms with Crippen molar-refractivity contribution in [1.29, 1.82) is 0 Å². The summed E-state index contributed by atoms with van der Waals surface area (Å²) in [7, 11) is 1.63. The molecular formula is C21H24N2O4S. The molecule has 7 heteroatoms. The Bertz CT molecular complexity index is 858. The zero-order chi connectivity index (χ0) is 19.9. The summed E-state index contributed by atoms with van der Waals surface area (Å²) in [6, 6.07) is 11.6. The van der Waals surface area contributed by atoms with Gasteiger partial charge in [0.2, 0.25) is 0 Å². The van der Waals surface area contributed by atoms with Gasteiger partial charge in [0.25, 0.3) is 5.91 Å². The summed E-state index contributed by atoms with van der Waals surface area (Å²) in [4.78, 5) is 14.0. The van der Waals surface area contributed by atoms with E-state index in [1.54, 1.807) is 19.3 Å². The second-order valence-electron chi connectivity index (χ2n) is 6.38. The zero-order valence-electron chi connectivity index (χ0n) is 16.1. The number of thiocarbonyl (C=S) groups is 1. The maximum absolute atomic E-state index is 12.5. The molecule has 2 aromatic rings. The molecule has 2 heterocycles. The number of methoxy groups -OCH3 is 1. The van der Waals surface area contributed by atoms with Gasteiger partial charge in [-0.2, -0.15) is 0 Å². The van der Waals surface area contributed by atoms with Gasteiger partial charge < -0.3 is 19.2 Å². The lowest BCUT2D eigenvalue weighted by Crippen LogP contribution is -2.32. The van der Waals surface area contributed by atoms with E-state index in [1.807, 2.05) is 30.3 Å². The summed E-state index contributed by atoms with van der Waals surface area (Å²) in [5.74, 6) is 1.87. The smallest absolute Gasteiger partial charge is 0.276 e. The van der Waals surface area contributed by atoms with E-state index >= 15 is 0 Å². The third-order valence-corrected chi connectivity index (χ3v) is 4.70. The summed E-state index contributed by atoms with van der Waals surface area (Å²) < 4.78 is 16.5. The van der Waals surface area contributed by atoms with Crippen LogP contribution in [0.5, 0.6) is 5.75 Å². The molecule has 1 aliphatic heterocycles. The second-order valence-corrected chi connectivity index (χ2v) is 6.77. The molecule has 148 valence electrons. The highest BCUT2D eigenvalue weighted by Crippen LogP contribution is 2.19. The van der Waals surface area contributed by atoms with E-state index in [4.69, 9.17) is 26.1 Å². The summed E-state index contributed by atoms with van der Waals surface area (Å²) in [6.07, 6.45) is 3.37. The van der Waals surface area contributed by atoms with E-state index < -0.39 is 0 Å². The molecule has 1 N–H and O–H groups in total. The number of rotatable bonds is 9. The van der Waals surface area contributed by atoms with E-state index in [0.717, 1.165) is 18.6 Å². The van der Waals surface area contributed by atoms with Gasteiger partial charge in [-0.3, -0.25) is 9.69 Å². The number of carbonyl (C=O) groups is 1. The molecule has 0 bridgehead atoms. The molecule has 1 aromatic carbocycles. The number of nitrogens with zero attached hydrogens (tertiary/aromatic N) is 1. The minimum absolute atomic E-state index is 0.161. The lowest BCUT2D eigenvalue weighted by atomic mass is 10.2. The predicted molar refractivity (Wildman–Crippen MR) is 111 cm³/mol. The molecule has 1 amide bonds. The number of nitrogens with one attached hydrogen (secondary N) is 1. The largest absolute Gasteiger partial charge is 0.486 e. The van der Waals surface area contributed by atoms with Gasteiger partial charge >= 0.3 is 0 Å². The Hall–Kier alpha value is -2.64. The van der Waals surface area contributed by atoms with Crippen LogP contribution in [0.3, 0.4) is 0 Å². The Morgan fingerprint density at radius 2 is 2.00 bits per heavy atom. The van der Waals surface area contributed by atoms with Crippen LogP contribution in [0.1, 0.15) is 30.4 Å².